The average Bonchev–Trinajstić information content (AvgIpc) is 2.62. The minimum Gasteiger partial charge on any atom is -0.341 e. The van der Waals surface area contributed by atoms with Gasteiger partial charge in [-0.15, -0.1) is 0 Å². The van der Waals surface area contributed by atoms with Crippen LogP contribution < -0.4 is 4.90 Å². The zero-order valence-electron chi connectivity index (χ0n) is 16.1. The molecule has 0 aliphatic carbocycles. The highest BCUT2D eigenvalue weighted by molar-refractivity contribution is 5.93. The maximum absolute atomic E-state index is 12.5. The van der Waals surface area contributed by atoms with Gasteiger partial charge < -0.3 is 9.80 Å². The van der Waals surface area contributed by atoms with Crippen molar-refractivity contribution in [3.8, 4) is 0 Å². The van der Waals surface area contributed by atoms with E-state index in [1.54, 1.807) is 23.8 Å². The summed E-state index contributed by atoms with van der Waals surface area (Å²) < 4.78 is 0. The van der Waals surface area contributed by atoms with Crippen molar-refractivity contribution in [1.82, 2.24) is 4.90 Å². The quantitative estimate of drug-likeness (QED) is 0.749. The Bertz CT molecular complexity index is 741. The molecule has 0 aliphatic heterocycles. The van der Waals surface area contributed by atoms with E-state index in [1.165, 1.54) is 0 Å². The summed E-state index contributed by atoms with van der Waals surface area (Å²) >= 11 is 0. The van der Waals surface area contributed by atoms with Crippen molar-refractivity contribution >= 4 is 17.5 Å². The maximum atomic E-state index is 12.5. The summed E-state index contributed by atoms with van der Waals surface area (Å²) in [4.78, 5) is 28.1. The van der Waals surface area contributed by atoms with Crippen LogP contribution in [0.15, 0.2) is 54.6 Å². The Morgan fingerprint density at radius 1 is 0.962 bits per heavy atom. The monoisotopic (exact) mass is 352 g/mol. The topological polar surface area (TPSA) is 40.6 Å². The number of amides is 2. The Kier molecular flexibility index (Phi) is 6.96. The van der Waals surface area contributed by atoms with Gasteiger partial charge in [-0.05, 0) is 23.1 Å². The van der Waals surface area contributed by atoms with Crippen LogP contribution in [0, 0.1) is 0 Å². The van der Waals surface area contributed by atoms with E-state index in [0.29, 0.717) is 25.4 Å². The Labute approximate surface area is 156 Å². The van der Waals surface area contributed by atoms with Crippen molar-refractivity contribution in [2.24, 2.45) is 0 Å². The molecule has 26 heavy (non-hydrogen) atoms. The highest BCUT2D eigenvalue weighted by atomic mass is 16.2. The number of nitrogens with zero attached hydrogens (tertiary/aromatic N) is 2. The van der Waals surface area contributed by atoms with Gasteiger partial charge in [0, 0.05) is 39.2 Å². The molecule has 0 bridgehead atoms. The second-order valence-electron chi connectivity index (χ2n) is 6.87. The van der Waals surface area contributed by atoms with Crippen molar-refractivity contribution in [3.05, 3.63) is 65.7 Å². The number of hydrogen-bond donors (Lipinski definition) is 0. The van der Waals surface area contributed by atoms with E-state index in [4.69, 9.17) is 0 Å². The van der Waals surface area contributed by atoms with E-state index >= 15 is 0 Å². The summed E-state index contributed by atoms with van der Waals surface area (Å²) in [6, 6.07) is 17.8. The molecule has 4 heteroatoms. The molecular formula is C22H28N2O2. The molecule has 0 N–H and O–H groups in total. The molecule has 2 aromatic carbocycles. The molecule has 138 valence electrons. The molecule has 0 heterocycles. The minimum atomic E-state index is -0.0448. The summed E-state index contributed by atoms with van der Waals surface area (Å²) in [5.74, 6) is 0.295. The predicted molar refractivity (Wildman–Crippen MR) is 106 cm³/mol. The van der Waals surface area contributed by atoms with E-state index in [2.05, 4.69) is 13.8 Å². The van der Waals surface area contributed by atoms with E-state index in [1.807, 2.05) is 54.6 Å². The average molecular weight is 352 g/mol. The maximum Gasteiger partial charge on any atom is 0.224 e. The van der Waals surface area contributed by atoms with Crippen molar-refractivity contribution in [2.45, 2.75) is 39.7 Å². The molecule has 2 rings (SSSR count). The molecule has 0 fully saturated rings. The largest absolute Gasteiger partial charge is 0.341 e. The lowest BCUT2D eigenvalue weighted by Gasteiger charge is -2.26. The molecule has 0 saturated heterocycles. The van der Waals surface area contributed by atoms with Crippen molar-refractivity contribution in [3.63, 3.8) is 0 Å². The molecule has 0 aliphatic rings. The Balaban J connectivity index is 2.05. The second kappa shape index (κ2) is 9.18. The third kappa shape index (κ3) is 5.19. The number of carbonyl (C=O) groups is 2. The second-order valence-corrected chi connectivity index (χ2v) is 6.87. The van der Waals surface area contributed by atoms with E-state index in [9.17, 15) is 9.59 Å². The first kappa shape index (κ1) is 19.7. The molecule has 0 spiro atoms. The van der Waals surface area contributed by atoms with Crippen molar-refractivity contribution in [2.75, 3.05) is 18.5 Å². The molecule has 0 saturated carbocycles. The summed E-state index contributed by atoms with van der Waals surface area (Å²) in [6.45, 7) is 6.72. The fourth-order valence-electron chi connectivity index (χ4n) is 3.01. The van der Waals surface area contributed by atoms with Crippen LogP contribution in [0.25, 0.3) is 0 Å². The van der Waals surface area contributed by atoms with Gasteiger partial charge >= 0.3 is 0 Å². The number of anilines is 1. The van der Waals surface area contributed by atoms with Gasteiger partial charge in [-0.25, -0.2) is 0 Å². The molecule has 0 atom stereocenters. The fourth-order valence-corrected chi connectivity index (χ4v) is 3.01. The van der Waals surface area contributed by atoms with Gasteiger partial charge in [-0.3, -0.25) is 9.59 Å². The van der Waals surface area contributed by atoms with Crippen LogP contribution in [0.1, 0.15) is 44.2 Å². The molecule has 0 radical (unpaired) electrons. The first-order valence-corrected chi connectivity index (χ1v) is 9.05. The molecule has 0 unspecified atom stereocenters. The first-order chi connectivity index (χ1) is 12.4. The van der Waals surface area contributed by atoms with Crippen LogP contribution in [0.3, 0.4) is 0 Å². The van der Waals surface area contributed by atoms with Crippen molar-refractivity contribution < 1.29 is 9.59 Å². The number of carbonyl (C=O) groups excluding carboxylic acids is 2. The van der Waals surface area contributed by atoms with E-state index < -0.39 is 0 Å². The van der Waals surface area contributed by atoms with Gasteiger partial charge in [-0.1, -0.05) is 62.4 Å². The highest BCUT2D eigenvalue weighted by Crippen LogP contribution is 2.27. The number of benzene rings is 2. The Hall–Kier alpha value is -2.62. The lowest BCUT2D eigenvalue weighted by Crippen LogP contribution is -2.35. The van der Waals surface area contributed by atoms with Gasteiger partial charge in [-0.2, -0.15) is 0 Å². The van der Waals surface area contributed by atoms with Gasteiger partial charge in [0.25, 0.3) is 0 Å². The molecule has 2 amide bonds. The van der Waals surface area contributed by atoms with Gasteiger partial charge in [0.15, 0.2) is 0 Å². The summed E-state index contributed by atoms with van der Waals surface area (Å²) in [7, 11) is 1.80. The van der Waals surface area contributed by atoms with E-state index in [0.717, 1.165) is 16.8 Å². The third-order valence-corrected chi connectivity index (χ3v) is 4.47. The zero-order chi connectivity index (χ0) is 19.1. The van der Waals surface area contributed by atoms with Crippen LogP contribution in [0.4, 0.5) is 5.69 Å². The fraction of sp³-hybridized carbons (Fsp3) is 0.364. The minimum absolute atomic E-state index is 0.0298. The summed E-state index contributed by atoms with van der Waals surface area (Å²) in [5, 5.41) is 0. The summed E-state index contributed by atoms with van der Waals surface area (Å²) in [6.07, 6.45) is 0.301. The van der Waals surface area contributed by atoms with Crippen molar-refractivity contribution in [1.29, 1.82) is 0 Å². The number of rotatable bonds is 7. The smallest absolute Gasteiger partial charge is 0.224 e. The predicted octanol–water partition coefficient (Wildman–Crippen LogP) is 4.21. The lowest BCUT2D eigenvalue weighted by molar-refractivity contribution is -0.130. The van der Waals surface area contributed by atoms with Crippen LogP contribution in [-0.4, -0.2) is 30.3 Å². The van der Waals surface area contributed by atoms with Gasteiger partial charge in [0.1, 0.15) is 0 Å². The standard InChI is InChI=1S/C22H28N2O2/c1-17(2)20-12-8-9-13-21(20)24(18(3)25)15-14-22(26)23(4)16-19-10-6-5-7-11-19/h5-13,17H,14-16H2,1-4H3. The molecule has 0 aromatic heterocycles. The number of para-hydroxylation sites is 1. The summed E-state index contributed by atoms with van der Waals surface area (Å²) in [5.41, 5.74) is 3.11. The highest BCUT2D eigenvalue weighted by Gasteiger charge is 2.19. The first-order valence-electron chi connectivity index (χ1n) is 9.05. The third-order valence-electron chi connectivity index (χ3n) is 4.47. The van der Waals surface area contributed by atoms with Gasteiger partial charge in [0.2, 0.25) is 11.8 Å². The number of hydrogen-bond acceptors (Lipinski definition) is 2. The van der Waals surface area contributed by atoms with Crippen LogP contribution in [0.2, 0.25) is 0 Å². The van der Waals surface area contributed by atoms with Gasteiger partial charge in [0.05, 0.1) is 0 Å². The molecular weight excluding hydrogens is 324 g/mol. The molecule has 4 nitrogen and oxygen atoms in total. The Morgan fingerprint density at radius 2 is 1.58 bits per heavy atom. The Morgan fingerprint density at radius 3 is 2.19 bits per heavy atom. The SMILES string of the molecule is CC(=O)N(CCC(=O)N(C)Cc1ccccc1)c1ccccc1C(C)C. The van der Waals surface area contributed by atoms with Crippen LogP contribution in [-0.2, 0) is 16.1 Å². The van der Waals surface area contributed by atoms with Crippen LogP contribution >= 0.6 is 0 Å². The normalized spacial score (nSPS) is 10.7. The molecule has 2 aromatic rings. The van der Waals surface area contributed by atoms with E-state index in [-0.39, 0.29) is 11.8 Å². The zero-order valence-corrected chi connectivity index (χ0v) is 16.1. The van der Waals surface area contributed by atoms with Crippen LogP contribution in [0.5, 0.6) is 0 Å². The lowest BCUT2D eigenvalue weighted by atomic mass is 10.0.